The minimum absolute atomic E-state index is 0.0293. The van der Waals surface area contributed by atoms with Crippen molar-refractivity contribution in [1.29, 1.82) is 0 Å². The monoisotopic (exact) mass is 492 g/mol. The number of hydrogen-bond donors (Lipinski definition) is 1. The van der Waals surface area contributed by atoms with E-state index in [1.807, 2.05) is 0 Å². The number of aromatic nitrogens is 3. The molecule has 0 radical (unpaired) electrons. The van der Waals surface area contributed by atoms with Crippen LogP contribution in [0, 0.1) is 19.7 Å². The highest BCUT2D eigenvalue weighted by atomic mass is 35.5. The van der Waals surface area contributed by atoms with Crippen LogP contribution >= 0.6 is 23.4 Å². The van der Waals surface area contributed by atoms with Gasteiger partial charge in [-0.2, -0.15) is 8.78 Å². The lowest BCUT2D eigenvalue weighted by molar-refractivity contribution is -0.00246. The molecule has 1 N–H and O–H groups in total. The number of aryl methyl sites for hydroxylation is 2. The first kappa shape index (κ1) is 23.5. The van der Waals surface area contributed by atoms with Crippen LogP contribution in [0.25, 0.3) is 0 Å². The fourth-order valence-electron chi connectivity index (χ4n) is 3.32. The number of carbonyl (C=O) groups excluding carboxylic acids is 1. The van der Waals surface area contributed by atoms with Crippen molar-refractivity contribution in [2.45, 2.75) is 48.5 Å². The topological polar surface area (TPSA) is 67.8 Å². The van der Waals surface area contributed by atoms with Crippen LogP contribution < -0.4 is 5.32 Å². The summed E-state index contributed by atoms with van der Waals surface area (Å²) < 4.78 is 44.4. The van der Waals surface area contributed by atoms with Crippen molar-refractivity contribution in [3.63, 3.8) is 0 Å². The molecule has 2 aromatic carbocycles. The number of alkyl halides is 2. The Bertz CT molecular complexity index is 1220. The minimum atomic E-state index is -3.41. The molecule has 1 aromatic heterocycles. The SMILES string of the molecule is Cc1ccc(C(F)(F)CNC(=O)c2nc(C)nnc2Sc2cccc(C3CC3)c2F)c(Cl)c1. The average Bonchev–Trinajstić information content (AvgIpc) is 3.59. The number of carbonyl (C=O) groups is 1. The van der Waals surface area contributed by atoms with E-state index in [1.54, 1.807) is 25.1 Å². The second-order valence-corrected chi connectivity index (χ2v) is 9.36. The lowest BCUT2D eigenvalue weighted by atomic mass is 10.1. The molecule has 1 fully saturated rings. The number of nitrogens with zero attached hydrogens (tertiary/aromatic N) is 3. The van der Waals surface area contributed by atoms with Gasteiger partial charge in [-0.3, -0.25) is 4.79 Å². The molecular formula is C23H20ClF3N4OS. The van der Waals surface area contributed by atoms with Gasteiger partial charge in [0, 0.05) is 10.5 Å². The zero-order valence-corrected chi connectivity index (χ0v) is 19.4. The largest absolute Gasteiger partial charge is 0.344 e. The van der Waals surface area contributed by atoms with Gasteiger partial charge >= 0.3 is 0 Å². The summed E-state index contributed by atoms with van der Waals surface area (Å²) in [6.45, 7) is 2.27. The van der Waals surface area contributed by atoms with E-state index in [2.05, 4.69) is 20.5 Å². The predicted molar refractivity (Wildman–Crippen MR) is 119 cm³/mol. The maximum Gasteiger partial charge on any atom is 0.291 e. The van der Waals surface area contributed by atoms with Gasteiger partial charge in [0.1, 0.15) is 11.6 Å². The quantitative estimate of drug-likeness (QED) is 0.449. The number of amides is 1. The van der Waals surface area contributed by atoms with Crippen molar-refractivity contribution in [2.24, 2.45) is 0 Å². The molecule has 0 atom stereocenters. The van der Waals surface area contributed by atoms with Crippen molar-refractivity contribution < 1.29 is 18.0 Å². The highest BCUT2D eigenvalue weighted by Gasteiger charge is 2.35. The van der Waals surface area contributed by atoms with Crippen molar-refractivity contribution >= 4 is 29.3 Å². The van der Waals surface area contributed by atoms with E-state index >= 15 is 0 Å². The molecule has 3 aromatic rings. The van der Waals surface area contributed by atoms with E-state index in [0.717, 1.165) is 30.2 Å². The fraction of sp³-hybridized carbons (Fsp3) is 0.304. The molecule has 1 aliphatic rings. The first-order valence-electron chi connectivity index (χ1n) is 10.3. The Kier molecular flexibility index (Phi) is 6.63. The number of hydrogen-bond acceptors (Lipinski definition) is 5. The molecule has 4 rings (SSSR count). The lowest BCUT2D eigenvalue weighted by Crippen LogP contribution is -2.36. The van der Waals surface area contributed by atoms with Crippen molar-refractivity contribution in [3.8, 4) is 0 Å². The smallest absolute Gasteiger partial charge is 0.291 e. The van der Waals surface area contributed by atoms with E-state index in [4.69, 9.17) is 11.6 Å². The minimum Gasteiger partial charge on any atom is -0.344 e. The summed E-state index contributed by atoms with van der Waals surface area (Å²) in [5.74, 6) is -4.26. The highest BCUT2D eigenvalue weighted by Crippen LogP contribution is 2.43. The Balaban J connectivity index is 1.55. The van der Waals surface area contributed by atoms with Crippen LogP contribution in [-0.2, 0) is 5.92 Å². The Morgan fingerprint density at radius 2 is 1.97 bits per heavy atom. The van der Waals surface area contributed by atoms with E-state index in [9.17, 15) is 18.0 Å². The molecule has 10 heteroatoms. The Morgan fingerprint density at radius 3 is 2.67 bits per heavy atom. The summed E-state index contributed by atoms with van der Waals surface area (Å²) in [5, 5.41) is 9.96. The molecule has 0 saturated heterocycles. The molecule has 0 bridgehead atoms. The van der Waals surface area contributed by atoms with Gasteiger partial charge in [-0.15, -0.1) is 10.2 Å². The molecule has 33 heavy (non-hydrogen) atoms. The van der Waals surface area contributed by atoms with E-state index < -0.39 is 18.4 Å². The molecule has 1 saturated carbocycles. The average molecular weight is 493 g/mol. The zero-order valence-electron chi connectivity index (χ0n) is 17.8. The van der Waals surface area contributed by atoms with Gasteiger partial charge in [-0.25, -0.2) is 9.37 Å². The standard InChI is InChI=1S/C23H20ClF3N4OS/c1-12-6-9-16(17(24)10-12)23(26,27)11-28-21(32)20-22(31-30-13(2)29-20)33-18-5-3-4-15(19(18)25)14-7-8-14/h3-6,9-10,14H,7-8,11H2,1-2H3,(H,28,32). The number of nitrogens with one attached hydrogen (secondary N) is 1. The third-order valence-corrected chi connectivity index (χ3v) is 6.50. The molecule has 5 nitrogen and oxygen atoms in total. The molecule has 0 aliphatic heterocycles. The second-order valence-electron chi connectivity index (χ2n) is 7.92. The van der Waals surface area contributed by atoms with Gasteiger partial charge < -0.3 is 5.32 Å². The Hall–Kier alpha value is -2.65. The summed E-state index contributed by atoms with van der Waals surface area (Å²) in [6.07, 6.45) is 1.87. The highest BCUT2D eigenvalue weighted by molar-refractivity contribution is 7.99. The molecule has 0 unspecified atom stereocenters. The third kappa shape index (κ3) is 5.30. The summed E-state index contributed by atoms with van der Waals surface area (Å²) >= 11 is 6.87. The molecule has 1 heterocycles. The number of halogens is 4. The molecule has 1 amide bonds. The predicted octanol–water partition coefficient (Wildman–Crippen LogP) is 5.83. The maximum atomic E-state index is 14.9. The second kappa shape index (κ2) is 9.30. The summed E-state index contributed by atoms with van der Waals surface area (Å²) in [6, 6.07) is 9.23. The fourth-order valence-corrected chi connectivity index (χ4v) is 4.57. The van der Waals surface area contributed by atoms with E-state index in [0.29, 0.717) is 5.56 Å². The number of rotatable bonds is 7. The van der Waals surface area contributed by atoms with Crippen LogP contribution in [0.3, 0.4) is 0 Å². The molecular weight excluding hydrogens is 473 g/mol. The van der Waals surface area contributed by atoms with Crippen molar-refractivity contribution in [3.05, 3.63) is 75.4 Å². The Morgan fingerprint density at radius 1 is 1.21 bits per heavy atom. The lowest BCUT2D eigenvalue weighted by Gasteiger charge is -2.19. The first-order valence-corrected chi connectivity index (χ1v) is 11.5. The van der Waals surface area contributed by atoms with Crippen LogP contribution in [0.5, 0.6) is 0 Å². The van der Waals surface area contributed by atoms with Crippen LogP contribution in [-0.4, -0.2) is 27.6 Å². The van der Waals surface area contributed by atoms with Crippen molar-refractivity contribution in [1.82, 2.24) is 20.5 Å². The summed E-state index contributed by atoms with van der Waals surface area (Å²) in [5.41, 5.74) is 0.773. The first-order chi connectivity index (χ1) is 15.7. The van der Waals surface area contributed by atoms with Gasteiger partial charge in [-0.1, -0.05) is 47.6 Å². The Labute approximate surface area is 198 Å². The maximum absolute atomic E-state index is 14.9. The summed E-state index contributed by atoms with van der Waals surface area (Å²) in [7, 11) is 0. The van der Waals surface area contributed by atoms with Gasteiger partial charge in [0.05, 0.1) is 11.6 Å². The summed E-state index contributed by atoms with van der Waals surface area (Å²) in [4.78, 5) is 17.1. The molecule has 1 aliphatic carbocycles. The number of benzene rings is 2. The molecule has 0 spiro atoms. The molecule has 172 valence electrons. The van der Waals surface area contributed by atoms with Gasteiger partial charge in [0.25, 0.3) is 11.8 Å². The van der Waals surface area contributed by atoms with E-state index in [-0.39, 0.29) is 43.8 Å². The van der Waals surface area contributed by atoms with Crippen molar-refractivity contribution in [2.75, 3.05) is 6.54 Å². The van der Waals surface area contributed by atoms with Gasteiger partial charge in [0.2, 0.25) is 0 Å². The zero-order chi connectivity index (χ0) is 23.8. The normalized spacial score (nSPS) is 13.8. The van der Waals surface area contributed by atoms with Crippen LogP contribution in [0.2, 0.25) is 5.02 Å². The van der Waals surface area contributed by atoms with Crippen LogP contribution in [0.15, 0.2) is 46.3 Å². The van der Waals surface area contributed by atoms with Crippen LogP contribution in [0.1, 0.15) is 51.8 Å². The van der Waals surface area contributed by atoms with Gasteiger partial charge in [0.15, 0.2) is 10.7 Å². The van der Waals surface area contributed by atoms with Crippen LogP contribution in [0.4, 0.5) is 13.2 Å². The third-order valence-electron chi connectivity index (χ3n) is 5.18. The van der Waals surface area contributed by atoms with E-state index in [1.165, 1.54) is 25.1 Å². The van der Waals surface area contributed by atoms with Gasteiger partial charge in [-0.05, 0) is 55.9 Å².